The summed E-state index contributed by atoms with van der Waals surface area (Å²) < 4.78 is 2.18. The minimum Gasteiger partial charge on any atom is -0.329 e. The van der Waals surface area contributed by atoms with E-state index in [-0.39, 0.29) is 5.54 Å². The quantitative estimate of drug-likeness (QED) is 0.916. The Labute approximate surface area is 114 Å². The molecular weight excluding hydrogens is 236 g/mol. The summed E-state index contributed by atoms with van der Waals surface area (Å²) in [5.74, 6) is 0. The molecule has 0 aliphatic heterocycles. The molecule has 102 valence electrons. The lowest BCUT2D eigenvalue weighted by Crippen LogP contribution is -2.35. The van der Waals surface area contributed by atoms with Gasteiger partial charge < -0.3 is 9.88 Å². The fraction of sp³-hybridized carbons (Fsp3) is 0.467. The van der Waals surface area contributed by atoms with Crippen LogP contribution in [0, 0.1) is 6.92 Å². The van der Waals surface area contributed by atoms with E-state index in [1.165, 1.54) is 16.8 Å². The standard InChI is InChI=1S/C15H22N4/c1-12-7-16-6-5-13(12)10-19-11-17-8-14(19)9-18-15(2,3)4/h5-8,11,18H,9-10H2,1-4H3. The van der Waals surface area contributed by atoms with Crippen molar-refractivity contribution in [2.45, 2.75) is 46.3 Å². The molecule has 4 nitrogen and oxygen atoms in total. The Morgan fingerprint density at radius 1 is 1.21 bits per heavy atom. The summed E-state index contributed by atoms with van der Waals surface area (Å²) in [6.45, 7) is 10.3. The normalized spacial score (nSPS) is 11.8. The zero-order valence-corrected chi connectivity index (χ0v) is 12.1. The molecule has 0 unspecified atom stereocenters. The molecule has 2 heterocycles. The van der Waals surface area contributed by atoms with Gasteiger partial charge in [0, 0.05) is 37.2 Å². The maximum absolute atomic E-state index is 4.26. The molecule has 0 amide bonds. The molecule has 19 heavy (non-hydrogen) atoms. The number of aromatic nitrogens is 3. The molecule has 4 heteroatoms. The van der Waals surface area contributed by atoms with Gasteiger partial charge in [-0.3, -0.25) is 4.98 Å². The topological polar surface area (TPSA) is 42.7 Å². The third-order valence-electron chi connectivity index (χ3n) is 3.08. The molecular formula is C15H22N4. The Balaban J connectivity index is 2.10. The number of imidazole rings is 1. The summed E-state index contributed by atoms with van der Waals surface area (Å²) in [5, 5.41) is 3.49. The summed E-state index contributed by atoms with van der Waals surface area (Å²) in [5.41, 5.74) is 3.81. The Kier molecular flexibility index (Phi) is 4.00. The van der Waals surface area contributed by atoms with Gasteiger partial charge in [-0.15, -0.1) is 0 Å². The molecule has 0 radical (unpaired) electrons. The molecule has 2 aromatic heterocycles. The van der Waals surface area contributed by atoms with Gasteiger partial charge in [-0.25, -0.2) is 4.98 Å². The van der Waals surface area contributed by atoms with Crippen LogP contribution in [0.3, 0.4) is 0 Å². The van der Waals surface area contributed by atoms with Crippen LogP contribution >= 0.6 is 0 Å². The zero-order valence-electron chi connectivity index (χ0n) is 12.1. The van der Waals surface area contributed by atoms with Crippen LogP contribution < -0.4 is 5.32 Å². The molecule has 0 fully saturated rings. The minimum atomic E-state index is 0.113. The summed E-state index contributed by atoms with van der Waals surface area (Å²) in [6, 6.07) is 2.07. The highest BCUT2D eigenvalue weighted by Crippen LogP contribution is 2.10. The van der Waals surface area contributed by atoms with Crippen molar-refractivity contribution >= 4 is 0 Å². The Hall–Kier alpha value is -1.68. The van der Waals surface area contributed by atoms with E-state index in [1.807, 2.05) is 24.9 Å². The van der Waals surface area contributed by atoms with Gasteiger partial charge in [0.25, 0.3) is 0 Å². The van der Waals surface area contributed by atoms with Gasteiger partial charge in [-0.05, 0) is 44.9 Å². The predicted octanol–water partition coefficient (Wildman–Crippen LogP) is 2.52. The van der Waals surface area contributed by atoms with Crippen molar-refractivity contribution in [2.75, 3.05) is 0 Å². The SMILES string of the molecule is Cc1cnccc1Cn1cncc1CNC(C)(C)C. The number of hydrogen-bond donors (Lipinski definition) is 1. The lowest BCUT2D eigenvalue weighted by Gasteiger charge is -2.21. The average Bonchev–Trinajstić information content (AvgIpc) is 2.76. The molecule has 2 aromatic rings. The second-order valence-electron chi connectivity index (χ2n) is 5.92. The van der Waals surface area contributed by atoms with Crippen molar-refractivity contribution in [3.8, 4) is 0 Å². The molecule has 0 atom stereocenters. The highest BCUT2D eigenvalue weighted by atomic mass is 15.1. The minimum absolute atomic E-state index is 0.113. The lowest BCUT2D eigenvalue weighted by atomic mass is 10.1. The van der Waals surface area contributed by atoms with Gasteiger partial charge in [-0.2, -0.15) is 0 Å². The van der Waals surface area contributed by atoms with Crippen LogP contribution in [0.1, 0.15) is 37.6 Å². The van der Waals surface area contributed by atoms with Crippen LogP contribution in [0.2, 0.25) is 0 Å². The molecule has 0 aliphatic rings. The number of rotatable bonds is 4. The molecule has 1 N–H and O–H groups in total. The Bertz CT molecular complexity index is 537. The smallest absolute Gasteiger partial charge is 0.0951 e. The van der Waals surface area contributed by atoms with Crippen molar-refractivity contribution in [1.29, 1.82) is 0 Å². The second kappa shape index (κ2) is 5.53. The van der Waals surface area contributed by atoms with Crippen molar-refractivity contribution in [1.82, 2.24) is 19.9 Å². The van der Waals surface area contributed by atoms with Crippen LogP contribution in [0.5, 0.6) is 0 Å². The van der Waals surface area contributed by atoms with Gasteiger partial charge in [0.15, 0.2) is 0 Å². The van der Waals surface area contributed by atoms with Crippen molar-refractivity contribution in [3.05, 3.63) is 47.8 Å². The third-order valence-corrected chi connectivity index (χ3v) is 3.08. The number of nitrogens with zero attached hydrogens (tertiary/aromatic N) is 3. The number of hydrogen-bond acceptors (Lipinski definition) is 3. The highest BCUT2D eigenvalue weighted by Gasteiger charge is 2.11. The van der Waals surface area contributed by atoms with E-state index in [4.69, 9.17) is 0 Å². The number of pyridine rings is 1. The Morgan fingerprint density at radius 3 is 2.68 bits per heavy atom. The number of nitrogens with one attached hydrogen (secondary N) is 1. The molecule has 0 saturated heterocycles. The van der Waals surface area contributed by atoms with Gasteiger partial charge in [0.2, 0.25) is 0 Å². The maximum Gasteiger partial charge on any atom is 0.0951 e. The molecule has 0 spiro atoms. The number of aryl methyl sites for hydroxylation is 1. The first-order chi connectivity index (χ1) is 8.96. The summed E-state index contributed by atoms with van der Waals surface area (Å²) in [4.78, 5) is 8.38. The molecule has 0 aliphatic carbocycles. The van der Waals surface area contributed by atoms with E-state index in [0.717, 1.165) is 13.1 Å². The largest absolute Gasteiger partial charge is 0.329 e. The highest BCUT2D eigenvalue weighted by molar-refractivity contribution is 5.22. The molecule has 0 aromatic carbocycles. The fourth-order valence-electron chi connectivity index (χ4n) is 1.86. The third kappa shape index (κ3) is 3.89. The van der Waals surface area contributed by atoms with E-state index in [0.29, 0.717) is 0 Å². The average molecular weight is 258 g/mol. The van der Waals surface area contributed by atoms with Crippen LogP contribution in [-0.4, -0.2) is 20.1 Å². The summed E-state index contributed by atoms with van der Waals surface area (Å²) >= 11 is 0. The first-order valence-corrected chi connectivity index (χ1v) is 6.59. The first kappa shape index (κ1) is 13.7. The van der Waals surface area contributed by atoms with Crippen LogP contribution in [0.15, 0.2) is 31.0 Å². The molecule has 2 rings (SSSR count). The second-order valence-corrected chi connectivity index (χ2v) is 5.92. The van der Waals surface area contributed by atoms with E-state index >= 15 is 0 Å². The predicted molar refractivity (Wildman–Crippen MR) is 76.9 cm³/mol. The lowest BCUT2D eigenvalue weighted by molar-refractivity contribution is 0.417. The van der Waals surface area contributed by atoms with E-state index in [1.54, 1.807) is 0 Å². The van der Waals surface area contributed by atoms with Crippen LogP contribution in [0.25, 0.3) is 0 Å². The summed E-state index contributed by atoms with van der Waals surface area (Å²) in [7, 11) is 0. The van der Waals surface area contributed by atoms with Gasteiger partial charge in [0.1, 0.15) is 0 Å². The van der Waals surface area contributed by atoms with Gasteiger partial charge in [-0.1, -0.05) is 0 Å². The summed E-state index contributed by atoms with van der Waals surface area (Å²) in [6.07, 6.45) is 7.56. The van der Waals surface area contributed by atoms with Crippen LogP contribution in [0.4, 0.5) is 0 Å². The van der Waals surface area contributed by atoms with Crippen molar-refractivity contribution < 1.29 is 0 Å². The Morgan fingerprint density at radius 2 is 2.00 bits per heavy atom. The van der Waals surface area contributed by atoms with Crippen molar-refractivity contribution in [3.63, 3.8) is 0 Å². The maximum atomic E-state index is 4.26. The van der Waals surface area contributed by atoms with E-state index in [2.05, 4.69) is 53.6 Å². The fourth-order valence-corrected chi connectivity index (χ4v) is 1.86. The monoisotopic (exact) mass is 258 g/mol. The van der Waals surface area contributed by atoms with Crippen molar-refractivity contribution in [2.24, 2.45) is 0 Å². The van der Waals surface area contributed by atoms with Crippen LogP contribution in [-0.2, 0) is 13.1 Å². The van der Waals surface area contributed by atoms with Gasteiger partial charge >= 0.3 is 0 Å². The molecule has 0 saturated carbocycles. The van der Waals surface area contributed by atoms with E-state index < -0.39 is 0 Å². The molecule has 0 bridgehead atoms. The van der Waals surface area contributed by atoms with Gasteiger partial charge in [0.05, 0.1) is 12.0 Å². The van der Waals surface area contributed by atoms with E-state index in [9.17, 15) is 0 Å². The zero-order chi connectivity index (χ0) is 13.9. The first-order valence-electron chi connectivity index (χ1n) is 6.59.